The average Bonchev–Trinajstić information content (AvgIpc) is 2.12. The molecule has 0 N–H and O–H groups in total. The van der Waals surface area contributed by atoms with Crippen molar-refractivity contribution in [2.75, 3.05) is 11.5 Å². The van der Waals surface area contributed by atoms with E-state index in [1.807, 2.05) is 0 Å². The van der Waals surface area contributed by atoms with Gasteiger partial charge in [0.1, 0.15) is 9.84 Å². The van der Waals surface area contributed by atoms with Gasteiger partial charge in [-0.3, -0.25) is 0 Å². The topological polar surface area (TPSA) is 34.1 Å². The monoisotopic (exact) mass is 284 g/mol. The van der Waals surface area contributed by atoms with Gasteiger partial charge < -0.3 is 0 Å². The standard InChI is InChI=1S/C10H21BrO2S/c1-4-10(9(3)11)7-6-8-14(12,13)5-2/h9-10H,4-8H2,1-3H3. The smallest absolute Gasteiger partial charge is 0.150 e. The van der Waals surface area contributed by atoms with Crippen LogP contribution in [0.15, 0.2) is 0 Å². The van der Waals surface area contributed by atoms with Crippen molar-refractivity contribution in [1.82, 2.24) is 0 Å². The van der Waals surface area contributed by atoms with Gasteiger partial charge in [0.25, 0.3) is 0 Å². The summed E-state index contributed by atoms with van der Waals surface area (Å²) < 4.78 is 22.5. The van der Waals surface area contributed by atoms with Crippen molar-refractivity contribution < 1.29 is 8.42 Å². The van der Waals surface area contributed by atoms with E-state index in [0.717, 1.165) is 19.3 Å². The lowest BCUT2D eigenvalue weighted by Gasteiger charge is -2.16. The molecule has 14 heavy (non-hydrogen) atoms. The number of rotatable bonds is 7. The number of alkyl halides is 1. The number of halogens is 1. The summed E-state index contributed by atoms with van der Waals surface area (Å²) in [6.45, 7) is 5.99. The highest BCUT2D eigenvalue weighted by Gasteiger charge is 2.14. The molecule has 0 spiro atoms. The largest absolute Gasteiger partial charge is 0.229 e. The molecule has 0 aliphatic rings. The Labute approximate surface area is 96.5 Å². The summed E-state index contributed by atoms with van der Waals surface area (Å²) in [7, 11) is -2.76. The predicted octanol–water partition coefficient (Wildman–Crippen LogP) is 3.01. The molecule has 2 unspecified atom stereocenters. The molecule has 0 aromatic carbocycles. The third-order valence-electron chi connectivity index (χ3n) is 2.64. The van der Waals surface area contributed by atoms with E-state index in [1.165, 1.54) is 0 Å². The first-order valence-electron chi connectivity index (χ1n) is 5.27. The quantitative estimate of drug-likeness (QED) is 0.674. The normalized spacial score (nSPS) is 16.6. The summed E-state index contributed by atoms with van der Waals surface area (Å²) >= 11 is 3.55. The van der Waals surface area contributed by atoms with Gasteiger partial charge in [0.15, 0.2) is 0 Å². The summed E-state index contributed by atoms with van der Waals surface area (Å²) in [5.74, 6) is 1.22. The molecule has 0 bridgehead atoms. The zero-order chi connectivity index (χ0) is 11.2. The van der Waals surface area contributed by atoms with Gasteiger partial charge in [-0.1, -0.05) is 43.1 Å². The number of hydrogen-bond donors (Lipinski definition) is 0. The highest BCUT2D eigenvalue weighted by atomic mass is 79.9. The fraction of sp³-hybridized carbons (Fsp3) is 1.00. The van der Waals surface area contributed by atoms with Crippen LogP contribution in [0.1, 0.15) is 40.0 Å². The summed E-state index contributed by atoms with van der Waals surface area (Å²) in [6, 6.07) is 0. The molecular weight excluding hydrogens is 264 g/mol. The molecule has 0 aromatic rings. The van der Waals surface area contributed by atoms with Crippen LogP contribution in [-0.2, 0) is 9.84 Å². The van der Waals surface area contributed by atoms with Gasteiger partial charge in [-0.15, -0.1) is 0 Å². The lowest BCUT2D eigenvalue weighted by molar-refractivity contribution is 0.465. The Morgan fingerprint density at radius 1 is 1.29 bits per heavy atom. The van der Waals surface area contributed by atoms with E-state index in [2.05, 4.69) is 29.8 Å². The second-order valence-electron chi connectivity index (χ2n) is 3.72. The van der Waals surface area contributed by atoms with E-state index in [1.54, 1.807) is 6.92 Å². The van der Waals surface area contributed by atoms with Crippen molar-refractivity contribution in [1.29, 1.82) is 0 Å². The molecule has 0 saturated heterocycles. The Balaban J connectivity index is 3.83. The Bertz CT molecular complexity index is 235. The maximum absolute atomic E-state index is 11.2. The molecule has 0 aromatic heterocycles. The minimum atomic E-state index is -2.76. The van der Waals surface area contributed by atoms with Crippen molar-refractivity contribution in [3.63, 3.8) is 0 Å². The van der Waals surface area contributed by atoms with Crippen LogP contribution in [0.4, 0.5) is 0 Å². The van der Waals surface area contributed by atoms with Crippen LogP contribution in [0.25, 0.3) is 0 Å². The van der Waals surface area contributed by atoms with Gasteiger partial charge in [-0.05, 0) is 18.8 Å². The lowest BCUT2D eigenvalue weighted by Crippen LogP contribution is -2.14. The molecular formula is C10H21BrO2S. The summed E-state index contributed by atoms with van der Waals surface area (Å²) in [4.78, 5) is 0.483. The molecule has 2 nitrogen and oxygen atoms in total. The molecule has 0 rings (SSSR count). The maximum atomic E-state index is 11.2. The van der Waals surface area contributed by atoms with Crippen LogP contribution < -0.4 is 0 Å². The molecule has 86 valence electrons. The zero-order valence-electron chi connectivity index (χ0n) is 9.29. The van der Waals surface area contributed by atoms with E-state index < -0.39 is 9.84 Å². The third kappa shape index (κ3) is 6.02. The third-order valence-corrected chi connectivity index (χ3v) is 5.18. The highest BCUT2D eigenvalue weighted by Crippen LogP contribution is 2.21. The fourth-order valence-electron chi connectivity index (χ4n) is 1.47. The minimum Gasteiger partial charge on any atom is -0.229 e. The van der Waals surface area contributed by atoms with Crippen molar-refractivity contribution in [3.8, 4) is 0 Å². The Hall–Kier alpha value is 0.430. The van der Waals surface area contributed by atoms with Gasteiger partial charge in [-0.25, -0.2) is 8.42 Å². The lowest BCUT2D eigenvalue weighted by atomic mass is 9.98. The van der Waals surface area contributed by atoms with Gasteiger partial charge in [0, 0.05) is 10.6 Å². The Morgan fingerprint density at radius 3 is 2.21 bits per heavy atom. The van der Waals surface area contributed by atoms with E-state index in [9.17, 15) is 8.42 Å². The molecule has 4 heteroatoms. The first kappa shape index (κ1) is 14.4. The Kier molecular flexibility index (Phi) is 7.04. The second kappa shape index (κ2) is 6.83. The minimum absolute atomic E-state index is 0.271. The van der Waals surface area contributed by atoms with Crippen LogP contribution in [0.3, 0.4) is 0 Å². The number of sulfone groups is 1. The highest BCUT2D eigenvalue weighted by molar-refractivity contribution is 9.09. The van der Waals surface area contributed by atoms with E-state index in [0.29, 0.717) is 16.5 Å². The first-order chi connectivity index (χ1) is 6.43. The SMILES string of the molecule is CCC(CCCS(=O)(=O)CC)C(C)Br. The van der Waals surface area contributed by atoms with E-state index >= 15 is 0 Å². The van der Waals surface area contributed by atoms with Crippen molar-refractivity contribution >= 4 is 25.8 Å². The average molecular weight is 285 g/mol. The van der Waals surface area contributed by atoms with Gasteiger partial charge in [-0.2, -0.15) is 0 Å². The van der Waals surface area contributed by atoms with E-state index in [-0.39, 0.29) is 5.75 Å². The zero-order valence-corrected chi connectivity index (χ0v) is 11.7. The van der Waals surface area contributed by atoms with Gasteiger partial charge in [0.2, 0.25) is 0 Å². The molecule has 0 saturated carbocycles. The fourth-order valence-corrected chi connectivity index (χ4v) is 3.00. The van der Waals surface area contributed by atoms with Crippen molar-refractivity contribution in [2.45, 2.75) is 44.9 Å². The van der Waals surface area contributed by atoms with Crippen LogP contribution in [0, 0.1) is 5.92 Å². The second-order valence-corrected chi connectivity index (χ2v) is 7.64. The predicted molar refractivity (Wildman–Crippen MR) is 65.7 cm³/mol. The Morgan fingerprint density at radius 2 is 1.86 bits per heavy atom. The molecule has 0 heterocycles. The van der Waals surface area contributed by atoms with Crippen LogP contribution in [0.2, 0.25) is 0 Å². The number of hydrogen-bond acceptors (Lipinski definition) is 2. The molecule has 0 aliphatic heterocycles. The summed E-state index contributed by atoms with van der Waals surface area (Å²) in [6.07, 6.45) is 2.91. The molecule has 0 amide bonds. The summed E-state index contributed by atoms with van der Waals surface area (Å²) in [5, 5.41) is 0. The molecule has 2 atom stereocenters. The van der Waals surface area contributed by atoms with Crippen molar-refractivity contribution in [3.05, 3.63) is 0 Å². The van der Waals surface area contributed by atoms with Crippen molar-refractivity contribution in [2.24, 2.45) is 5.92 Å². The first-order valence-corrected chi connectivity index (χ1v) is 8.01. The summed E-state index contributed by atoms with van der Waals surface area (Å²) in [5.41, 5.74) is 0. The maximum Gasteiger partial charge on any atom is 0.150 e. The van der Waals surface area contributed by atoms with Gasteiger partial charge >= 0.3 is 0 Å². The molecule has 0 radical (unpaired) electrons. The molecule has 0 fully saturated rings. The van der Waals surface area contributed by atoms with Crippen LogP contribution in [0.5, 0.6) is 0 Å². The van der Waals surface area contributed by atoms with Gasteiger partial charge in [0.05, 0.1) is 5.75 Å². The van der Waals surface area contributed by atoms with E-state index in [4.69, 9.17) is 0 Å². The van der Waals surface area contributed by atoms with Crippen LogP contribution >= 0.6 is 15.9 Å². The van der Waals surface area contributed by atoms with Crippen LogP contribution in [-0.4, -0.2) is 24.8 Å². The molecule has 0 aliphatic carbocycles.